The maximum Gasteiger partial charge on any atom is 0.0727 e. The lowest BCUT2D eigenvalue weighted by atomic mass is 10.5. The third-order valence-corrected chi connectivity index (χ3v) is 1.79. The monoisotopic (exact) mass is 118 g/mol. The average Bonchev–Trinajstić information content (AvgIpc) is 1.65. The molecule has 0 fully saturated rings. The molecule has 0 spiro atoms. The van der Waals surface area contributed by atoms with E-state index in [1.807, 2.05) is 6.92 Å². The largest absolute Gasteiger partial charge is 0.119 e. The van der Waals surface area contributed by atoms with Crippen LogP contribution in [0, 0.1) is 12.3 Å². The van der Waals surface area contributed by atoms with Crippen molar-refractivity contribution in [1.82, 2.24) is 0 Å². The van der Waals surface area contributed by atoms with E-state index in [1.54, 1.807) is 0 Å². The molecule has 0 aliphatic heterocycles. The van der Waals surface area contributed by atoms with E-state index in [1.165, 1.54) is 10.8 Å². The van der Waals surface area contributed by atoms with Gasteiger partial charge < -0.3 is 0 Å². The molecule has 0 bridgehead atoms. The van der Waals surface area contributed by atoms with Gasteiger partial charge in [-0.05, 0) is 6.92 Å². The van der Waals surface area contributed by atoms with Gasteiger partial charge in [0.2, 0.25) is 0 Å². The van der Waals surface area contributed by atoms with Crippen LogP contribution < -0.4 is 0 Å². The minimum atomic E-state index is 0.244. The van der Waals surface area contributed by atoms with Gasteiger partial charge >= 0.3 is 0 Å². The maximum atomic E-state index is 4.96. The smallest absolute Gasteiger partial charge is 0.0727 e. The summed E-state index contributed by atoms with van der Waals surface area (Å²) in [6, 6.07) is 0. The Balaban J connectivity index is 3.04. The minimum Gasteiger partial charge on any atom is -0.119 e. The summed E-state index contributed by atoms with van der Waals surface area (Å²) in [5.41, 5.74) is 0. The van der Waals surface area contributed by atoms with Gasteiger partial charge in [0.1, 0.15) is 0 Å². The van der Waals surface area contributed by atoms with Crippen LogP contribution in [-0.4, -0.2) is 5.25 Å². The SMILES string of the molecule is C#CC(C)SS. The quantitative estimate of drug-likeness (QED) is 0.310. The summed E-state index contributed by atoms with van der Waals surface area (Å²) in [6.07, 6.45) is 4.96. The average molecular weight is 118 g/mol. The standard InChI is InChI=1S/C4H6S2/c1-3-4(2)6-5/h1,4-5H,2H3. The normalized spacial score (nSPS) is 12.8. The summed E-state index contributed by atoms with van der Waals surface area (Å²) in [7, 11) is 1.38. The number of rotatable bonds is 1. The number of hydrogen-bond donors (Lipinski definition) is 1. The van der Waals surface area contributed by atoms with Gasteiger partial charge in [0.15, 0.2) is 0 Å². The summed E-state index contributed by atoms with van der Waals surface area (Å²) in [5.74, 6) is 2.50. The second-order valence-electron chi connectivity index (χ2n) is 0.914. The van der Waals surface area contributed by atoms with E-state index in [4.69, 9.17) is 6.42 Å². The molecule has 0 nitrogen and oxygen atoms in total. The van der Waals surface area contributed by atoms with Crippen LogP contribution in [0.4, 0.5) is 0 Å². The highest BCUT2D eigenvalue weighted by atomic mass is 33.1. The third-order valence-electron chi connectivity index (χ3n) is 0.393. The third kappa shape index (κ3) is 2.49. The van der Waals surface area contributed by atoms with Crippen LogP contribution in [-0.2, 0) is 0 Å². The van der Waals surface area contributed by atoms with E-state index in [0.29, 0.717) is 0 Å². The molecule has 0 aliphatic rings. The highest BCUT2D eigenvalue weighted by molar-refractivity contribution is 8.68. The summed E-state index contributed by atoms with van der Waals surface area (Å²) in [6.45, 7) is 1.93. The summed E-state index contributed by atoms with van der Waals surface area (Å²) >= 11 is 3.87. The Kier molecular flexibility index (Phi) is 3.60. The van der Waals surface area contributed by atoms with Crippen molar-refractivity contribution >= 4 is 22.5 Å². The second kappa shape index (κ2) is 3.45. The van der Waals surface area contributed by atoms with Crippen LogP contribution in [0.2, 0.25) is 0 Å². The predicted octanol–water partition coefficient (Wildman–Crippen LogP) is 1.59. The lowest BCUT2D eigenvalue weighted by Crippen LogP contribution is -1.81. The molecular formula is C4H6S2. The van der Waals surface area contributed by atoms with E-state index < -0.39 is 0 Å². The van der Waals surface area contributed by atoms with Crippen LogP contribution in [0.3, 0.4) is 0 Å². The van der Waals surface area contributed by atoms with Gasteiger partial charge in [0, 0.05) is 0 Å². The zero-order valence-electron chi connectivity index (χ0n) is 3.51. The summed E-state index contributed by atoms with van der Waals surface area (Å²) < 4.78 is 0. The van der Waals surface area contributed by atoms with Crippen molar-refractivity contribution in [1.29, 1.82) is 0 Å². The highest BCUT2D eigenvalue weighted by Crippen LogP contribution is 2.11. The fraction of sp³-hybridized carbons (Fsp3) is 0.500. The fourth-order valence-electron chi connectivity index (χ4n) is 0.0304. The first-order valence-electron chi connectivity index (χ1n) is 1.57. The van der Waals surface area contributed by atoms with Crippen molar-refractivity contribution in [3.05, 3.63) is 0 Å². The Morgan fingerprint density at radius 1 is 2.00 bits per heavy atom. The molecule has 0 N–H and O–H groups in total. The molecule has 34 valence electrons. The first kappa shape index (κ1) is 6.26. The molecule has 0 saturated carbocycles. The number of hydrogen-bond acceptors (Lipinski definition) is 2. The molecule has 0 rings (SSSR count). The minimum absolute atomic E-state index is 0.244. The van der Waals surface area contributed by atoms with Crippen molar-refractivity contribution in [3.63, 3.8) is 0 Å². The lowest BCUT2D eigenvalue weighted by molar-refractivity contribution is 1.32. The molecule has 0 aromatic heterocycles. The Morgan fingerprint density at radius 3 is 2.50 bits per heavy atom. The molecular weight excluding hydrogens is 112 g/mol. The van der Waals surface area contributed by atoms with E-state index in [9.17, 15) is 0 Å². The fourth-order valence-corrected chi connectivity index (χ4v) is 0.274. The lowest BCUT2D eigenvalue weighted by Gasteiger charge is -1.89. The summed E-state index contributed by atoms with van der Waals surface area (Å²) in [4.78, 5) is 0. The molecule has 0 saturated heterocycles. The molecule has 2 heteroatoms. The van der Waals surface area contributed by atoms with E-state index in [-0.39, 0.29) is 5.25 Å². The van der Waals surface area contributed by atoms with Crippen molar-refractivity contribution in [2.75, 3.05) is 0 Å². The molecule has 1 atom stereocenters. The van der Waals surface area contributed by atoms with E-state index >= 15 is 0 Å². The van der Waals surface area contributed by atoms with Crippen molar-refractivity contribution in [2.45, 2.75) is 12.2 Å². The molecule has 0 aromatic rings. The molecule has 0 amide bonds. The van der Waals surface area contributed by atoms with Crippen molar-refractivity contribution < 1.29 is 0 Å². The van der Waals surface area contributed by atoms with Gasteiger partial charge in [-0.15, -0.1) is 18.1 Å². The first-order valence-corrected chi connectivity index (χ1v) is 3.50. The van der Waals surface area contributed by atoms with Crippen molar-refractivity contribution in [2.24, 2.45) is 0 Å². The van der Waals surface area contributed by atoms with Crippen LogP contribution in [0.25, 0.3) is 0 Å². The first-order chi connectivity index (χ1) is 2.81. The molecule has 0 heterocycles. The van der Waals surface area contributed by atoms with Gasteiger partial charge in [0.25, 0.3) is 0 Å². The van der Waals surface area contributed by atoms with Crippen LogP contribution in [0.1, 0.15) is 6.92 Å². The Bertz CT molecular complexity index is 62.4. The molecule has 6 heavy (non-hydrogen) atoms. The van der Waals surface area contributed by atoms with E-state index in [2.05, 4.69) is 17.6 Å². The van der Waals surface area contributed by atoms with Crippen LogP contribution in [0.15, 0.2) is 0 Å². The second-order valence-corrected chi connectivity index (χ2v) is 2.46. The van der Waals surface area contributed by atoms with Gasteiger partial charge in [-0.3, -0.25) is 0 Å². The van der Waals surface area contributed by atoms with Gasteiger partial charge in [0.05, 0.1) is 5.25 Å². The molecule has 0 aromatic carbocycles. The topological polar surface area (TPSA) is 0 Å². The Labute approximate surface area is 47.5 Å². The van der Waals surface area contributed by atoms with E-state index in [0.717, 1.165) is 0 Å². The molecule has 0 aliphatic carbocycles. The number of terminal acetylenes is 1. The Morgan fingerprint density at radius 2 is 2.50 bits per heavy atom. The summed E-state index contributed by atoms with van der Waals surface area (Å²) in [5, 5.41) is 0.244. The number of thiol groups is 1. The zero-order chi connectivity index (χ0) is 4.99. The van der Waals surface area contributed by atoms with Crippen molar-refractivity contribution in [3.8, 4) is 12.3 Å². The molecule has 0 radical (unpaired) electrons. The van der Waals surface area contributed by atoms with Gasteiger partial charge in [-0.2, -0.15) is 0 Å². The molecule has 1 unspecified atom stereocenters. The maximum absolute atomic E-state index is 4.96. The highest BCUT2D eigenvalue weighted by Gasteiger charge is 1.86. The van der Waals surface area contributed by atoms with Crippen LogP contribution in [0.5, 0.6) is 0 Å². The Hall–Kier alpha value is 0.260. The zero-order valence-corrected chi connectivity index (χ0v) is 5.22. The van der Waals surface area contributed by atoms with Crippen LogP contribution >= 0.6 is 22.5 Å². The van der Waals surface area contributed by atoms with Gasteiger partial charge in [-0.25, -0.2) is 0 Å². The van der Waals surface area contributed by atoms with Gasteiger partial charge in [-0.1, -0.05) is 16.7 Å². The predicted molar refractivity (Wildman–Crippen MR) is 34.9 cm³/mol.